The van der Waals surface area contributed by atoms with E-state index in [0.717, 1.165) is 32.6 Å². The fourth-order valence-corrected chi connectivity index (χ4v) is 2.71. The minimum atomic E-state index is -0.278. The quantitative estimate of drug-likeness (QED) is 0.747. The first-order valence-corrected chi connectivity index (χ1v) is 7.28. The lowest BCUT2D eigenvalue weighted by molar-refractivity contribution is 0.0326. The number of aromatic nitrogens is 2. The van der Waals surface area contributed by atoms with Gasteiger partial charge in [0.15, 0.2) is 5.82 Å². The van der Waals surface area contributed by atoms with Gasteiger partial charge < -0.3 is 15.4 Å². The fraction of sp³-hybridized carbons (Fsp3) is 0.846. The van der Waals surface area contributed by atoms with Gasteiger partial charge in [-0.05, 0) is 13.3 Å². The highest BCUT2D eigenvalue weighted by Crippen LogP contribution is 2.15. The van der Waals surface area contributed by atoms with E-state index in [4.69, 9.17) is 10.3 Å². The number of piperazine rings is 1. The minimum absolute atomic E-state index is 0.278. The van der Waals surface area contributed by atoms with Crippen LogP contribution < -0.4 is 5.73 Å². The van der Waals surface area contributed by atoms with Gasteiger partial charge in [0.25, 0.3) is 0 Å². The average molecular weight is 283 g/mol. The van der Waals surface area contributed by atoms with Gasteiger partial charge in [-0.25, -0.2) is 0 Å². The molecule has 20 heavy (non-hydrogen) atoms. The molecule has 1 aromatic rings. The first-order valence-electron chi connectivity index (χ1n) is 7.28. The van der Waals surface area contributed by atoms with Gasteiger partial charge in [-0.3, -0.25) is 9.80 Å². The normalized spacial score (nSPS) is 23.1. The van der Waals surface area contributed by atoms with E-state index in [1.165, 1.54) is 0 Å². The SMILES string of the molecule is CCC1CN(Cc2noc(CN)n2)CCN1CC(C)O. The van der Waals surface area contributed by atoms with Crippen molar-refractivity contribution in [2.45, 2.75) is 45.5 Å². The Kier molecular flexibility index (Phi) is 5.47. The Bertz CT molecular complexity index is 409. The van der Waals surface area contributed by atoms with Crippen LogP contribution in [-0.2, 0) is 13.1 Å². The van der Waals surface area contributed by atoms with Crippen LogP contribution in [0.15, 0.2) is 4.52 Å². The van der Waals surface area contributed by atoms with Gasteiger partial charge in [0.2, 0.25) is 5.89 Å². The Morgan fingerprint density at radius 2 is 2.30 bits per heavy atom. The number of hydrogen-bond acceptors (Lipinski definition) is 7. The average Bonchev–Trinajstić information content (AvgIpc) is 2.87. The minimum Gasteiger partial charge on any atom is -0.392 e. The number of aliphatic hydroxyl groups is 1. The molecule has 1 aliphatic heterocycles. The van der Waals surface area contributed by atoms with E-state index in [1.807, 2.05) is 6.92 Å². The monoisotopic (exact) mass is 283 g/mol. The van der Waals surface area contributed by atoms with Crippen molar-refractivity contribution in [3.63, 3.8) is 0 Å². The number of nitrogens with two attached hydrogens (primary N) is 1. The second-order valence-electron chi connectivity index (χ2n) is 5.45. The van der Waals surface area contributed by atoms with Crippen molar-refractivity contribution in [3.05, 3.63) is 11.7 Å². The molecule has 0 aliphatic carbocycles. The van der Waals surface area contributed by atoms with Gasteiger partial charge in [-0.1, -0.05) is 12.1 Å². The molecule has 0 amide bonds. The molecule has 7 nitrogen and oxygen atoms in total. The second kappa shape index (κ2) is 7.12. The molecular formula is C13H25N5O2. The van der Waals surface area contributed by atoms with Crippen molar-refractivity contribution in [2.75, 3.05) is 26.2 Å². The Balaban J connectivity index is 1.89. The lowest BCUT2D eigenvalue weighted by Crippen LogP contribution is -2.54. The smallest absolute Gasteiger partial charge is 0.240 e. The molecule has 1 aliphatic rings. The summed E-state index contributed by atoms with van der Waals surface area (Å²) in [5.41, 5.74) is 5.46. The van der Waals surface area contributed by atoms with E-state index in [1.54, 1.807) is 0 Å². The predicted molar refractivity (Wildman–Crippen MR) is 74.8 cm³/mol. The van der Waals surface area contributed by atoms with Crippen molar-refractivity contribution in [1.82, 2.24) is 19.9 Å². The van der Waals surface area contributed by atoms with Gasteiger partial charge in [-0.2, -0.15) is 4.98 Å². The number of β-amino-alcohol motifs (C(OH)–C–C–N with tert-alkyl or cyclic N) is 1. The zero-order chi connectivity index (χ0) is 14.5. The van der Waals surface area contributed by atoms with Crippen LogP contribution in [0.4, 0.5) is 0 Å². The highest BCUT2D eigenvalue weighted by atomic mass is 16.5. The van der Waals surface area contributed by atoms with Crippen molar-refractivity contribution in [1.29, 1.82) is 0 Å². The van der Waals surface area contributed by atoms with Crippen LogP contribution in [0.1, 0.15) is 32.0 Å². The van der Waals surface area contributed by atoms with E-state index in [-0.39, 0.29) is 12.6 Å². The summed E-state index contributed by atoms with van der Waals surface area (Å²) >= 11 is 0. The molecule has 0 bridgehead atoms. The molecule has 7 heteroatoms. The van der Waals surface area contributed by atoms with Crippen LogP contribution in [0.5, 0.6) is 0 Å². The molecule has 3 N–H and O–H groups in total. The van der Waals surface area contributed by atoms with Crippen LogP contribution in [-0.4, -0.2) is 63.4 Å². The summed E-state index contributed by atoms with van der Waals surface area (Å²) in [4.78, 5) is 8.94. The molecule has 1 fully saturated rings. The second-order valence-corrected chi connectivity index (χ2v) is 5.45. The summed E-state index contributed by atoms with van der Waals surface area (Å²) < 4.78 is 5.03. The highest BCUT2D eigenvalue weighted by Gasteiger charge is 2.27. The zero-order valence-electron chi connectivity index (χ0n) is 12.3. The van der Waals surface area contributed by atoms with E-state index in [0.29, 0.717) is 24.3 Å². The zero-order valence-corrected chi connectivity index (χ0v) is 12.3. The summed E-state index contributed by atoms with van der Waals surface area (Å²) in [5.74, 6) is 1.18. The lowest BCUT2D eigenvalue weighted by atomic mass is 10.1. The Morgan fingerprint density at radius 1 is 1.50 bits per heavy atom. The molecule has 2 atom stereocenters. The predicted octanol–water partition coefficient (Wildman–Crippen LogP) is -0.195. The summed E-state index contributed by atoms with van der Waals surface area (Å²) in [6.07, 6.45) is 0.795. The highest BCUT2D eigenvalue weighted by molar-refractivity contribution is 4.89. The maximum absolute atomic E-state index is 9.55. The van der Waals surface area contributed by atoms with Crippen molar-refractivity contribution in [3.8, 4) is 0 Å². The van der Waals surface area contributed by atoms with Gasteiger partial charge in [0.05, 0.1) is 19.2 Å². The molecule has 2 heterocycles. The fourth-order valence-electron chi connectivity index (χ4n) is 2.71. The number of nitrogens with zero attached hydrogens (tertiary/aromatic N) is 4. The molecule has 0 radical (unpaired) electrons. The third-order valence-corrected chi connectivity index (χ3v) is 3.71. The van der Waals surface area contributed by atoms with Gasteiger partial charge in [0, 0.05) is 32.2 Å². The maximum atomic E-state index is 9.55. The first kappa shape index (κ1) is 15.4. The molecule has 1 aromatic heterocycles. The molecule has 0 spiro atoms. The standard InChI is InChI=1S/C13H25N5O2/c1-3-11-8-17(4-5-18(11)7-10(2)19)9-12-15-13(6-14)20-16-12/h10-11,19H,3-9,14H2,1-2H3. The van der Waals surface area contributed by atoms with E-state index >= 15 is 0 Å². The molecule has 2 rings (SSSR count). The van der Waals surface area contributed by atoms with Gasteiger partial charge >= 0.3 is 0 Å². The Hall–Kier alpha value is -1.02. The third-order valence-electron chi connectivity index (χ3n) is 3.71. The topological polar surface area (TPSA) is 91.7 Å². The number of aliphatic hydroxyl groups excluding tert-OH is 1. The van der Waals surface area contributed by atoms with Crippen LogP contribution in [0.25, 0.3) is 0 Å². The van der Waals surface area contributed by atoms with Crippen LogP contribution >= 0.6 is 0 Å². The van der Waals surface area contributed by atoms with Crippen LogP contribution in [0.2, 0.25) is 0 Å². The van der Waals surface area contributed by atoms with Crippen molar-refractivity contribution < 1.29 is 9.63 Å². The summed E-state index contributed by atoms with van der Waals surface area (Å²) in [5, 5.41) is 13.5. The molecule has 114 valence electrons. The van der Waals surface area contributed by atoms with Gasteiger partial charge in [0.1, 0.15) is 0 Å². The summed E-state index contributed by atoms with van der Waals surface area (Å²) in [6.45, 7) is 8.63. The number of rotatable bonds is 6. The molecular weight excluding hydrogens is 258 g/mol. The van der Waals surface area contributed by atoms with E-state index in [2.05, 4.69) is 26.9 Å². The lowest BCUT2D eigenvalue weighted by Gasteiger charge is -2.41. The van der Waals surface area contributed by atoms with E-state index < -0.39 is 0 Å². The molecule has 0 saturated carbocycles. The van der Waals surface area contributed by atoms with Crippen LogP contribution in [0.3, 0.4) is 0 Å². The molecule has 0 aromatic carbocycles. The maximum Gasteiger partial charge on any atom is 0.240 e. The Morgan fingerprint density at radius 3 is 2.90 bits per heavy atom. The molecule has 2 unspecified atom stereocenters. The summed E-state index contributed by atoms with van der Waals surface area (Å²) in [6, 6.07) is 0.472. The summed E-state index contributed by atoms with van der Waals surface area (Å²) in [7, 11) is 0. The van der Waals surface area contributed by atoms with Crippen molar-refractivity contribution in [2.24, 2.45) is 5.73 Å². The van der Waals surface area contributed by atoms with Gasteiger partial charge in [-0.15, -0.1) is 0 Å². The molecule has 1 saturated heterocycles. The largest absolute Gasteiger partial charge is 0.392 e. The first-order chi connectivity index (χ1) is 9.62. The Labute approximate surface area is 119 Å². The van der Waals surface area contributed by atoms with E-state index in [9.17, 15) is 5.11 Å². The van der Waals surface area contributed by atoms with Crippen molar-refractivity contribution >= 4 is 0 Å². The number of hydrogen-bond donors (Lipinski definition) is 2. The third kappa shape index (κ3) is 3.99. The van der Waals surface area contributed by atoms with Crippen LogP contribution in [0, 0.1) is 0 Å².